The minimum atomic E-state index is 0.146. The largest absolute Gasteiger partial charge is 0.342 e. The van der Waals surface area contributed by atoms with Gasteiger partial charge in [-0.3, -0.25) is 4.79 Å². The van der Waals surface area contributed by atoms with E-state index < -0.39 is 0 Å². The SMILES string of the molecule is CCc1ccc(CC(=O)N2CCC(C=O)CC2)cc1.CNCCCN. The number of benzene rings is 1. The molecule has 140 valence electrons. The van der Waals surface area contributed by atoms with E-state index in [1.54, 1.807) is 0 Å². The van der Waals surface area contributed by atoms with E-state index in [-0.39, 0.29) is 11.8 Å². The van der Waals surface area contributed by atoms with Crippen LogP contribution in [0.25, 0.3) is 0 Å². The quantitative estimate of drug-likeness (QED) is 0.582. The first-order chi connectivity index (χ1) is 12.1. The van der Waals surface area contributed by atoms with Gasteiger partial charge in [0.1, 0.15) is 6.29 Å². The van der Waals surface area contributed by atoms with Crippen molar-refractivity contribution >= 4 is 12.2 Å². The Morgan fingerprint density at radius 3 is 2.28 bits per heavy atom. The molecule has 1 aromatic carbocycles. The second kappa shape index (κ2) is 12.6. The predicted octanol–water partition coefficient (Wildman–Crippen LogP) is 1.78. The van der Waals surface area contributed by atoms with E-state index in [0.717, 1.165) is 63.7 Å². The third kappa shape index (κ3) is 8.27. The summed E-state index contributed by atoms with van der Waals surface area (Å²) in [6.07, 6.45) is 5.21. The number of aryl methyl sites for hydroxylation is 1. The number of hydrogen-bond donors (Lipinski definition) is 2. The average molecular weight is 348 g/mol. The molecule has 5 nitrogen and oxygen atoms in total. The lowest BCUT2D eigenvalue weighted by atomic mass is 9.98. The van der Waals surface area contributed by atoms with Crippen LogP contribution in [0.1, 0.15) is 37.3 Å². The van der Waals surface area contributed by atoms with Crippen molar-refractivity contribution in [2.75, 3.05) is 33.2 Å². The highest BCUT2D eigenvalue weighted by Gasteiger charge is 2.22. The number of nitrogens with two attached hydrogens (primary N) is 1. The third-order valence-corrected chi connectivity index (χ3v) is 4.50. The molecule has 1 aliphatic heterocycles. The lowest BCUT2D eigenvalue weighted by Gasteiger charge is -2.29. The normalized spacial score (nSPS) is 14.6. The number of nitrogens with zero attached hydrogens (tertiary/aromatic N) is 1. The number of carbonyl (C=O) groups is 2. The number of rotatable bonds is 7. The Kier molecular flexibility index (Phi) is 10.8. The molecule has 0 spiro atoms. The van der Waals surface area contributed by atoms with Crippen LogP contribution in [0, 0.1) is 5.92 Å². The molecule has 0 radical (unpaired) electrons. The fourth-order valence-corrected chi connectivity index (χ4v) is 2.74. The van der Waals surface area contributed by atoms with Gasteiger partial charge in [0, 0.05) is 19.0 Å². The van der Waals surface area contributed by atoms with Gasteiger partial charge < -0.3 is 20.7 Å². The fraction of sp³-hybridized carbons (Fsp3) is 0.600. The maximum Gasteiger partial charge on any atom is 0.226 e. The van der Waals surface area contributed by atoms with E-state index in [1.165, 1.54) is 5.56 Å². The Morgan fingerprint density at radius 1 is 1.24 bits per heavy atom. The molecule has 1 heterocycles. The summed E-state index contributed by atoms with van der Waals surface area (Å²) in [5.41, 5.74) is 7.54. The molecule has 0 aromatic heterocycles. The second-order valence-corrected chi connectivity index (χ2v) is 6.45. The monoisotopic (exact) mass is 347 g/mol. The molecule has 25 heavy (non-hydrogen) atoms. The van der Waals surface area contributed by atoms with E-state index in [4.69, 9.17) is 5.73 Å². The molecule has 5 heteroatoms. The van der Waals surface area contributed by atoms with Crippen molar-refractivity contribution in [3.63, 3.8) is 0 Å². The number of hydrogen-bond acceptors (Lipinski definition) is 4. The molecule has 0 aliphatic carbocycles. The summed E-state index contributed by atoms with van der Waals surface area (Å²) in [7, 11) is 1.93. The van der Waals surface area contributed by atoms with E-state index in [0.29, 0.717) is 6.42 Å². The Hall–Kier alpha value is -1.72. The van der Waals surface area contributed by atoms with Gasteiger partial charge in [-0.15, -0.1) is 0 Å². The van der Waals surface area contributed by atoms with Crippen LogP contribution in [0.15, 0.2) is 24.3 Å². The minimum absolute atomic E-state index is 0.146. The average Bonchev–Trinajstić information content (AvgIpc) is 2.67. The van der Waals surface area contributed by atoms with Gasteiger partial charge in [-0.1, -0.05) is 31.2 Å². The summed E-state index contributed by atoms with van der Waals surface area (Å²) in [6, 6.07) is 8.24. The van der Waals surface area contributed by atoms with Gasteiger partial charge in [0.05, 0.1) is 6.42 Å². The van der Waals surface area contributed by atoms with Crippen molar-refractivity contribution in [3.8, 4) is 0 Å². The number of likely N-dealkylation sites (tertiary alicyclic amines) is 1. The number of amides is 1. The zero-order valence-corrected chi connectivity index (χ0v) is 15.7. The first-order valence-corrected chi connectivity index (χ1v) is 9.30. The van der Waals surface area contributed by atoms with E-state index in [2.05, 4.69) is 24.4 Å². The van der Waals surface area contributed by atoms with Crippen LogP contribution in [0.5, 0.6) is 0 Å². The van der Waals surface area contributed by atoms with Crippen LogP contribution >= 0.6 is 0 Å². The van der Waals surface area contributed by atoms with Crippen LogP contribution in [-0.4, -0.2) is 50.3 Å². The van der Waals surface area contributed by atoms with Gasteiger partial charge in [0.15, 0.2) is 0 Å². The number of piperidine rings is 1. The maximum absolute atomic E-state index is 12.2. The number of aldehydes is 1. The van der Waals surface area contributed by atoms with Crippen LogP contribution in [-0.2, 0) is 22.4 Å². The highest BCUT2D eigenvalue weighted by atomic mass is 16.2. The van der Waals surface area contributed by atoms with E-state index in [9.17, 15) is 9.59 Å². The van der Waals surface area contributed by atoms with E-state index >= 15 is 0 Å². The highest BCUT2D eigenvalue weighted by molar-refractivity contribution is 5.79. The Morgan fingerprint density at radius 2 is 1.84 bits per heavy atom. The van der Waals surface area contributed by atoms with Gasteiger partial charge in [-0.25, -0.2) is 0 Å². The van der Waals surface area contributed by atoms with Crippen molar-refractivity contribution in [1.82, 2.24) is 10.2 Å². The zero-order chi connectivity index (χ0) is 18.5. The molecule has 0 unspecified atom stereocenters. The van der Waals surface area contributed by atoms with Crippen molar-refractivity contribution < 1.29 is 9.59 Å². The smallest absolute Gasteiger partial charge is 0.226 e. The molecule has 3 N–H and O–H groups in total. The molecule has 1 amide bonds. The number of nitrogens with one attached hydrogen (secondary N) is 1. The summed E-state index contributed by atoms with van der Waals surface area (Å²) >= 11 is 0. The lowest BCUT2D eigenvalue weighted by molar-refractivity contribution is -0.132. The standard InChI is InChI=1S/C16H21NO2.C4H12N2/c1-2-13-3-5-14(6-4-13)11-16(19)17-9-7-15(12-18)8-10-17;1-6-4-2-3-5/h3-6,12,15H,2,7-11H2,1H3;6H,2-5H2,1H3. The topological polar surface area (TPSA) is 75.4 Å². The van der Waals surface area contributed by atoms with Crippen LogP contribution in [0.3, 0.4) is 0 Å². The molecular weight excluding hydrogens is 314 g/mol. The highest BCUT2D eigenvalue weighted by Crippen LogP contribution is 2.16. The summed E-state index contributed by atoms with van der Waals surface area (Å²) in [5, 5.41) is 2.99. The van der Waals surface area contributed by atoms with Crippen molar-refractivity contribution in [2.45, 2.75) is 39.0 Å². The van der Waals surface area contributed by atoms with E-state index in [1.807, 2.05) is 24.1 Å². The van der Waals surface area contributed by atoms with Crippen LogP contribution < -0.4 is 11.1 Å². The molecular formula is C20H33N3O2. The first-order valence-electron chi connectivity index (χ1n) is 9.30. The molecule has 0 saturated carbocycles. The molecule has 0 atom stereocenters. The van der Waals surface area contributed by atoms with Crippen molar-refractivity contribution in [3.05, 3.63) is 35.4 Å². The molecule has 1 aliphatic rings. The second-order valence-electron chi connectivity index (χ2n) is 6.45. The maximum atomic E-state index is 12.2. The molecule has 2 rings (SSSR count). The van der Waals surface area contributed by atoms with Crippen molar-refractivity contribution in [2.24, 2.45) is 11.7 Å². The predicted molar refractivity (Wildman–Crippen MR) is 102 cm³/mol. The Bertz CT molecular complexity index is 490. The number of carbonyl (C=O) groups excluding carboxylic acids is 2. The van der Waals surface area contributed by atoms with Gasteiger partial charge >= 0.3 is 0 Å². The van der Waals surface area contributed by atoms with Crippen LogP contribution in [0.2, 0.25) is 0 Å². The van der Waals surface area contributed by atoms with Crippen LogP contribution in [0.4, 0.5) is 0 Å². The molecule has 1 aromatic rings. The molecule has 1 saturated heterocycles. The first kappa shape index (κ1) is 21.3. The van der Waals surface area contributed by atoms with Gasteiger partial charge in [-0.2, -0.15) is 0 Å². The molecule has 1 fully saturated rings. The Balaban J connectivity index is 0.000000450. The Labute approximate surface area is 152 Å². The van der Waals surface area contributed by atoms with Crippen molar-refractivity contribution in [1.29, 1.82) is 0 Å². The molecule has 0 bridgehead atoms. The summed E-state index contributed by atoms with van der Waals surface area (Å²) in [5.74, 6) is 0.321. The summed E-state index contributed by atoms with van der Waals surface area (Å²) in [4.78, 5) is 24.7. The fourth-order valence-electron chi connectivity index (χ4n) is 2.74. The third-order valence-electron chi connectivity index (χ3n) is 4.50. The minimum Gasteiger partial charge on any atom is -0.342 e. The lowest BCUT2D eigenvalue weighted by Crippen LogP contribution is -2.39. The summed E-state index contributed by atoms with van der Waals surface area (Å²) < 4.78 is 0. The van der Waals surface area contributed by atoms with Gasteiger partial charge in [0.2, 0.25) is 5.91 Å². The summed E-state index contributed by atoms with van der Waals surface area (Å²) in [6.45, 7) is 5.39. The van der Waals surface area contributed by atoms with Gasteiger partial charge in [-0.05, 0) is 56.9 Å². The zero-order valence-electron chi connectivity index (χ0n) is 15.7. The van der Waals surface area contributed by atoms with Gasteiger partial charge in [0.25, 0.3) is 0 Å².